The first-order valence-corrected chi connectivity index (χ1v) is 11.8. The second kappa shape index (κ2) is 24.5. The monoisotopic (exact) mass is 400 g/mol. The molecular weight excluding hydrogens is 352 g/mol. The van der Waals surface area contributed by atoms with Gasteiger partial charge in [-0.2, -0.15) is 0 Å². The fraction of sp³-hybridized carbons (Fsp3) is 0.917. The van der Waals surface area contributed by atoms with E-state index in [0.29, 0.717) is 6.79 Å². The van der Waals surface area contributed by atoms with Crippen LogP contribution in [0, 0.1) is 0 Å². The predicted molar refractivity (Wildman–Crippen MR) is 118 cm³/mol. The molecule has 28 heavy (non-hydrogen) atoms. The van der Waals surface area contributed by atoms with Crippen LogP contribution in [-0.4, -0.2) is 33.4 Å². The van der Waals surface area contributed by atoms with Gasteiger partial charge in [0.05, 0.1) is 6.26 Å². The van der Waals surface area contributed by atoms with Gasteiger partial charge in [-0.1, -0.05) is 71.6 Å². The normalized spacial score (nSPS) is 11.7. The van der Waals surface area contributed by atoms with Crippen LogP contribution < -0.4 is 0 Å². The average Bonchev–Trinajstić information content (AvgIpc) is 2.71. The maximum Gasteiger partial charge on any atom is 0.187 e. The Morgan fingerprint density at radius 2 is 1.25 bits per heavy atom. The van der Waals surface area contributed by atoms with Crippen molar-refractivity contribution in [2.75, 3.05) is 27.1 Å². The lowest BCUT2D eigenvalue weighted by atomic mass is 10.1. The first-order chi connectivity index (χ1) is 13.8. The minimum Gasteiger partial charge on any atom is -0.476 e. The zero-order chi connectivity index (χ0) is 20.5. The van der Waals surface area contributed by atoms with Gasteiger partial charge in [0.15, 0.2) is 13.1 Å². The lowest BCUT2D eigenvalue weighted by molar-refractivity contribution is -0.148. The van der Waals surface area contributed by atoms with Crippen LogP contribution in [0.1, 0.15) is 110 Å². The molecule has 0 aliphatic carbocycles. The van der Waals surface area contributed by atoms with E-state index in [2.05, 4.69) is 19.9 Å². The summed E-state index contributed by atoms with van der Waals surface area (Å²) < 4.78 is 22.0. The van der Waals surface area contributed by atoms with Gasteiger partial charge in [0.2, 0.25) is 0 Å². The highest BCUT2D eigenvalue weighted by Gasteiger charge is 2.09. The Balaban J connectivity index is 3.72. The second-order valence-electron chi connectivity index (χ2n) is 7.58. The molecule has 0 spiro atoms. The Labute approximate surface area is 175 Å². The molecule has 4 nitrogen and oxygen atoms in total. The summed E-state index contributed by atoms with van der Waals surface area (Å²) in [5, 5.41) is 0. The van der Waals surface area contributed by atoms with Crippen LogP contribution in [0.5, 0.6) is 0 Å². The summed E-state index contributed by atoms with van der Waals surface area (Å²) in [5.74, 6) is 0. The van der Waals surface area contributed by atoms with Gasteiger partial charge >= 0.3 is 0 Å². The van der Waals surface area contributed by atoms with Crippen molar-refractivity contribution in [3.63, 3.8) is 0 Å². The first-order valence-electron chi connectivity index (χ1n) is 11.8. The highest BCUT2D eigenvalue weighted by molar-refractivity contribution is 4.72. The molecule has 0 aliphatic heterocycles. The molecule has 168 valence electrons. The third-order valence-electron chi connectivity index (χ3n) is 4.79. The molecule has 0 radical (unpaired) electrons. The van der Waals surface area contributed by atoms with Crippen LogP contribution in [0.4, 0.5) is 0 Å². The summed E-state index contributed by atoms with van der Waals surface area (Å²) in [7, 11) is 1.63. The van der Waals surface area contributed by atoms with Crippen molar-refractivity contribution < 1.29 is 18.9 Å². The van der Waals surface area contributed by atoms with Gasteiger partial charge in [0.1, 0.15) is 0 Å². The highest BCUT2D eigenvalue weighted by atomic mass is 16.7. The number of allylic oxidation sites excluding steroid dienone is 1. The quantitative estimate of drug-likeness (QED) is 0.102. The summed E-state index contributed by atoms with van der Waals surface area (Å²) in [6.07, 6.45) is 22.2. The summed E-state index contributed by atoms with van der Waals surface area (Å²) in [5.41, 5.74) is 0. The molecule has 0 unspecified atom stereocenters. The molecule has 0 aromatic heterocycles. The van der Waals surface area contributed by atoms with Gasteiger partial charge in [0, 0.05) is 20.3 Å². The number of hydrogen-bond acceptors (Lipinski definition) is 4. The van der Waals surface area contributed by atoms with Gasteiger partial charge in [0.25, 0.3) is 0 Å². The molecule has 4 heteroatoms. The van der Waals surface area contributed by atoms with Crippen molar-refractivity contribution in [2.24, 2.45) is 0 Å². The molecule has 0 bridgehead atoms. The Kier molecular flexibility index (Phi) is 24.0. The van der Waals surface area contributed by atoms with Crippen LogP contribution >= 0.6 is 0 Å². The Hall–Kier alpha value is -0.580. The van der Waals surface area contributed by atoms with Crippen LogP contribution in [-0.2, 0) is 18.9 Å². The van der Waals surface area contributed by atoms with Gasteiger partial charge in [-0.3, -0.25) is 0 Å². The Morgan fingerprint density at radius 3 is 1.86 bits per heavy atom. The number of ether oxygens (including phenoxy) is 4. The second-order valence-corrected chi connectivity index (χ2v) is 7.58. The van der Waals surface area contributed by atoms with Crippen molar-refractivity contribution in [2.45, 2.75) is 116 Å². The zero-order valence-electron chi connectivity index (χ0n) is 19.1. The molecule has 0 saturated heterocycles. The SMILES string of the molecule is CCCCCCOC(CCCCCCCC=COCOC)OCCCCCC. The number of methoxy groups -OCH3 is 1. The van der Waals surface area contributed by atoms with E-state index in [1.54, 1.807) is 13.4 Å². The standard InChI is InChI=1S/C24H48O4/c1-4-6-8-17-21-27-24(28-22-18-9-7-5-2)19-15-13-11-10-12-14-16-20-26-23-25-3/h16,20,24H,4-15,17-19,21-23H2,1-3H3. The average molecular weight is 401 g/mol. The van der Waals surface area contributed by atoms with E-state index in [-0.39, 0.29) is 6.29 Å². The molecule has 0 rings (SSSR count). The first kappa shape index (κ1) is 27.4. The van der Waals surface area contributed by atoms with Gasteiger partial charge in [-0.05, 0) is 44.6 Å². The van der Waals surface area contributed by atoms with Crippen molar-refractivity contribution in [1.29, 1.82) is 0 Å². The number of hydrogen-bond donors (Lipinski definition) is 0. The fourth-order valence-electron chi connectivity index (χ4n) is 3.05. The maximum absolute atomic E-state index is 6.03. The van der Waals surface area contributed by atoms with Crippen LogP contribution in [0.2, 0.25) is 0 Å². The summed E-state index contributed by atoms with van der Waals surface area (Å²) in [6.45, 7) is 6.51. The molecule has 0 heterocycles. The van der Waals surface area contributed by atoms with E-state index in [9.17, 15) is 0 Å². The zero-order valence-corrected chi connectivity index (χ0v) is 19.1. The van der Waals surface area contributed by atoms with E-state index < -0.39 is 0 Å². The molecule has 0 N–H and O–H groups in total. The topological polar surface area (TPSA) is 36.9 Å². The fourth-order valence-corrected chi connectivity index (χ4v) is 3.05. The lowest BCUT2D eigenvalue weighted by Gasteiger charge is -2.19. The third kappa shape index (κ3) is 21.7. The summed E-state index contributed by atoms with van der Waals surface area (Å²) in [6, 6.07) is 0. The van der Waals surface area contributed by atoms with E-state index in [1.165, 1.54) is 70.6 Å². The molecule has 0 aliphatic rings. The van der Waals surface area contributed by atoms with E-state index >= 15 is 0 Å². The van der Waals surface area contributed by atoms with E-state index in [4.69, 9.17) is 18.9 Å². The van der Waals surface area contributed by atoms with Gasteiger partial charge in [-0.25, -0.2) is 0 Å². The summed E-state index contributed by atoms with van der Waals surface area (Å²) >= 11 is 0. The Morgan fingerprint density at radius 1 is 0.679 bits per heavy atom. The molecule has 0 atom stereocenters. The van der Waals surface area contributed by atoms with Crippen LogP contribution in [0.3, 0.4) is 0 Å². The van der Waals surface area contributed by atoms with Crippen LogP contribution in [0.15, 0.2) is 12.3 Å². The maximum atomic E-state index is 6.03. The highest BCUT2D eigenvalue weighted by Crippen LogP contribution is 2.13. The van der Waals surface area contributed by atoms with Gasteiger partial charge in [-0.15, -0.1) is 0 Å². The van der Waals surface area contributed by atoms with E-state index in [0.717, 1.165) is 38.9 Å². The third-order valence-corrected chi connectivity index (χ3v) is 4.79. The van der Waals surface area contributed by atoms with Crippen molar-refractivity contribution in [3.05, 3.63) is 12.3 Å². The van der Waals surface area contributed by atoms with Crippen molar-refractivity contribution in [3.8, 4) is 0 Å². The van der Waals surface area contributed by atoms with E-state index in [1.807, 2.05) is 0 Å². The lowest BCUT2D eigenvalue weighted by Crippen LogP contribution is -2.19. The molecule has 0 aromatic rings. The minimum absolute atomic E-state index is 0.00381. The Bertz CT molecular complexity index is 293. The molecule has 0 aromatic carbocycles. The largest absolute Gasteiger partial charge is 0.476 e. The molecule has 0 amide bonds. The molecule has 0 saturated carbocycles. The number of rotatable bonds is 23. The predicted octanol–water partition coefficient (Wildman–Crippen LogP) is 7.37. The summed E-state index contributed by atoms with van der Waals surface area (Å²) in [4.78, 5) is 0. The smallest absolute Gasteiger partial charge is 0.187 e. The number of unbranched alkanes of at least 4 members (excludes halogenated alkanes) is 11. The van der Waals surface area contributed by atoms with Gasteiger partial charge < -0.3 is 18.9 Å². The van der Waals surface area contributed by atoms with Crippen molar-refractivity contribution in [1.82, 2.24) is 0 Å². The van der Waals surface area contributed by atoms with Crippen molar-refractivity contribution >= 4 is 0 Å². The molecular formula is C24H48O4. The molecule has 0 fully saturated rings. The van der Waals surface area contributed by atoms with Crippen LogP contribution in [0.25, 0.3) is 0 Å². The minimum atomic E-state index is 0.00381.